The molecule has 0 amide bonds. The first kappa shape index (κ1) is 8.97. The molecule has 0 fully saturated rings. The van der Waals surface area contributed by atoms with Gasteiger partial charge in [-0.1, -0.05) is 0 Å². The average Bonchev–Trinajstić information content (AvgIpc) is 1.85. The number of hydrogen-bond donors (Lipinski definition) is 0. The molecule has 0 atom stereocenters. The van der Waals surface area contributed by atoms with Gasteiger partial charge in [0.25, 0.3) is 0 Å². The van der Waals surface area contributed by atoms with Crippen molar-refractivity contribution in [2.75, 3.05) is 0 Å². The quantitative estimate of drug-likeness (QED) is 0.700. The Hall–Kier alpha value is -0.0317. The molecule has 50 valence electrons. The Kier molecular flexibility index (Phi) is 6.07. The van der Waals surface area contributed by atoms with E-state index in [1.807, 2.05) is 6.21 Å². The second-order valence-electron chi connectivity index (χ2n) is 1.68. The molecule has 0 radical (unpaired) electrons. The van der Waals surface area contributed by atoms with E-state index in [9.17, 15) is 0 Å². The molecule has 2 heteroatoms. The van der Waals surface area contributed by atoms with Crippen molar-refractivity contribution in [3.63, 3.8) is 0 Å². The molecule has 0 aromatic heterocycles. The van der Waals surface area contributed by atoms with Crippen LogP contribution in [0.2, 0.25) is 0 Å². The monoisotopic (exact) mass is 293 g/mol. The number of rotatable bonds is 4. The van der Waals surface area contributed by atoms with Crippen LogP contribution in [0.4, 0.5) is 0 Å². The Balaban J connectivity index is 3.49. The summed E-state index contributed by atoms with van der Waals surface area (Å²) in [5.74, 6) is 0. The Bertz CT molecular complexity index is 127. The van der Waals surface area contributed by atoms with Crippen molar-refractivity contribution in [1.29, 1.82) is 0 Å². The van der Waals surface area contributed by atoms with Crippen molar-refractivity contribution in [3.8, 4) is 0 Å². The molecule has 0 saturated heterocycles. The average molecular weight is 293 g/mol. The summed E-state index contributed by atoms with van der Waals surface area (Å²) in [6.07, 6.45) is 5.85. The van der Waals surface area contributed by atoms with Crippen LogP contribution in [-0.2, 0) is 19.4 Å². The predicted octanol–water partition coefficient (Wildman–Crippen LogP) is 1.72. The molecule has 0 saturated carbocycles. The van der Waals surface area contributed by atoms with Gasteiger partial charge in [0, 0.05) is 0 Å². The molecule has 0 aliphatic carbocycles. The Morgan fingerprint density at radius 1 is 1.78 bits per heavy atom. The van der Waals surface area contributed by atoms with E-state index in [-0.39, 0.29) is 0 Å². The van der Waals surface area contributed by atoms with Crippen molar-refractivity contribution in [2.24, 2.45) is 4.99 Å². The summed E-state index contributed by atoms with van der Waals surface area (Å²) in [4.78, 5) is 3.91. The Labute approximate surface area is 67.3 Å². The van der Waals surface area contributed by atoms with Gasteiger partial charge < -0.3 is 0 Å². The standard InChI is InChI=1S/C7H11N.W/c1-3-5-6-7-8-4-2;/h4,7H,2-3,5H2,1H3;. The van der Waals surface area contributed by atoms with E-state index in [1.165, 1.54) is 36.1 Å². The van der Waals surface area contributed by atoms with Gasteiger partial charge in [-0.25, -0.2) is 0 Å². The van der Waals surface area contributed by atoms with Gasteiger partial charge in [0.15, 0.2) is 0 Å². The minimum absolute atomic E-state index is 1.17. The second kappa shape index (κ2) is 6.09. The van der Waals surface area contributed by atoms with Crippen molar-refractivity contribution in [3.05, 3.63) is 12.8 Å². The molecule has 1 nitrogen and oxygen atoms in total. The molecule has 0 N–H and O–H groups in total. The van der Waals surface area contributed by atoms with Crippen molar-refractivity contribution in [1.82, 2.24) is 0 Å². The van der Waals surface area contributed by atoms with Gasteiger partial charge >= 0.3 is 67.0 Å². The van der Waals surface area contributed by atoms with Crippen LogP contribution < -0.4 is 0 Å². The maximum absolute atomic E-state index is 3.91. The van der Waals surface area contributed by atoms with Gasteiger partial charge in [-0.2, -0.15) is 0 Å². The summed E-state index contributed by atoms with van der Waals surface area (Å²) in [5.41, 5.74) is 0. The summed E-state index contributed by atoms with van der Waals surface area (Å²) in [6, 6.07) is 0. The number of hydrogen-bond acceptors (Lipinski definition) is 1. The second-order valence-corrected chi connectivity index (χ2v) is 3.56. The molecular formula is C7H11NW. The van der Waals surface area contributed by atoms with Gasteiger partial charge in [0.1, 0.15) is 0 Å². The molecule has 0 heterocycles. The fraction of sp³-hybridized carbons (Fsp3) is 0.429. The molecule has 0 spiro atoms. The van der Waals surface area contributed by atoms with Crippen LogP contribution in [0.15, 0.2) is 17.8 Å². The van der Waals surface area contributed by atoms with Crippen LogP contribution in [0.25, 0.3) is 0 Å². The molecular weight excluding hydrogens is 282 g/mol. The molecule has 9 heavy (non-hydrogen) atoms. The first-order chi connectivity index (χ1) is 4.31. The van der Waals surface area contributed by atoms with E-state index in [2.05, 4.69) is 18.5 Å². The van der Waals surface area contributed by atoms with Crippen LogP contribution in [-0.4, -0.2) is 10.1 Å². The molecule has 0 unspecified atom stereocenters. The third kappa shape index (κ3) is 5.85. The van der Waals surface area contributed by atoms with E-state index >= 15 is 0 Å². The first-order valence-corrected chi connectivity index (χ1v) is 4.44. The molecule has 0 aromatic carbocycles. The summed E-state index contributed by atoms with van der Waals surface area (Å²) in [7, 11) is 0. The summed E-state index contributed by atoms with van der Waals surface area (Å²) >= 11 is 1.51. The van der Waals surface area contributed by atoms with E-state index < -0.39 is 0 Å². The van der Waals surface area contributed by atoms with Crippen molar-refractivity contribution in [2.45, 2.75) is 19.8 Å². The van der Waals surface area contributed by atoms with E-state index in [0.717, 1.165) is 0 Å². The zero-order valence-electron chi connectivity index (χ0n) is 5.63. The SMILES string of the molecule is C=CN=C[C](=[W])CCC. The Morgan fingerprint density at radius 3 is 2.89 bits per heavy atom. The first-order valence-electron chi connectivity index (χ1n) is 2.98. The molecule has 0 rings (SSSR count). The minimum atomic E-state index is 1.17. The zero-order valence-corrected chi connectivity index (χ0v) is 8.56. The summed E-state index contributed by atoms with van der Waals surface area (Å²) < 4.78 is 1.40. The number of nitrogens with zero attached hydrogens (tertiary/aromatic N) is 1. The van der Waals surface area contributed by atoms with Crippen LogP contribution in [0.1, 0.15) is 19.8 Å². The van der Waals surface area contributed by atoms with Crippen LogP contribution >= 0.6 is 0 Å². The van der Waals surface area contributed by atoms with E-state index in [0.29, 0.717) is 0 Å². The number of aliphatic imine (C=N–C) groups is 1. The topological polar surface area (TPSA) is 12.4 Å². The van der Waals surface area contributed by atoms with Crippen LogP contribution in [0, 0.1) is 0 Å². The predicted molar refractivity (Wildman–Crippen MR) is 38.6 cm³/mol. The van der Waals surface area contributed by atoms with Gasteiger partial charge in [-0.05, 0) is 0 Å². The molecule has 0 aliphatic heterocycles. The fourth-order valence-electron chi connectivity index (χ4n) is 0.447. The van der Waals surface area contributed by atoms with Crippen molar-refractivity contribution < 1.29 is 19.4 Å². The molecule has 0 aromatic rings. The summed E-state index contributed by atoms with van der Waals surface area (Å²) in [6.45, 7) is 5.66. The van der Waals surface area contributed by atoms with Gasteiger partial charge in [0.05, 0.1) is 0 Å². The van der Waals surface area contributed by atoms with Crippen LogP contribution in [0.3, 0.4) is 0 Å². The maximum atomic E-state index is 3.91. The van der Waals surface area contributed by atoms with E-state index in [1.54, 1.807) is 6.20 Å². The van der Waals surface area contributed by atoms with E-state index in [4.69, 9.17) is 0 Å². The third-order valence-corrected chi connectivity index (χ3v) is 1.93. The fourth-order valence-corrected chi connectivity index (χ4v) is 1.40. The van der Waals surface area contributed by atoms with Crippen molar-refractivity contribution >= 4 is 10.1 Å². The Morgan fingerprint density at radius 2 is 2.44 bits per heavy atom. The summed E-state index contributed by atoms with van der Waals surface area (Å²) in [5, 5.41) is 0. The normalized spacial score (nSPS) is 9.89. The van der Waals surface area contributed by atoms with Gasteiger partial charge in [0.2, 0.25) is 0 Å². The van der Waals surface area contributed by atoms with Gasteiger partial charge in [-0.15, -0.1) is 0 Å². The van der Waals surface area contributed by atoms with Crippen LogP contribution in [0.5, 0.6) is 0 Å². The zero-order chi connectivity index (χ0) is 7.11. The van der Waals surface area contributed by atoms with Gasteiger partial charge in [-0.3, -0.25) is 0 Å². The third-order valence-electron chi connectivity index (χ3n) is 0.820. The molecule has 0 bridgehead atoms. The molecule has 0 aliphatic rings.